The lowest BCUT2D eigenvalue weighted by Gasteiger charge is -2.35. The topological polar surface area (TPSA) is 87.7 Å². The summed E-state index contributed by atoms with van der Waals surface area (Å²) in [5, 5.41) is 7.94. The summed E-state index contributed by atoms with van der Waals surface area (Å²) in [6.45, 7) is 7.47. The number of rotatable bonds is 29. The third-order valence-corrected chi connectivity index (χ3v) is 11.2. The van der Waals surface area contributed by atoms with Gasteiger partial charge in [0.05, 0.1) is 6.42 Å². The molecule has 0 saturated heterocycles. The monoisotopic (exact) mass is 724 g/mol. The van der Waals surface area contributed by atoms with E-state index in [1.807, 2.05) is 30.4 Å². The van der Waals surface area contributed by atoms with E-state index < -0.39 is 0 Å². The zero-order chi connectivity index (χ0) is 36.4. The van der Waals surface area contributed by atoms with Crippen LogP contribution in [0.4, 0.5) is 0 Å². The summed E-state index contributed by atoms with van der Waals surface area (Å²) in [5.41, 5.74) is 2.47. The van der Waals surface area contributed by atoms with Crippen LogP contribution in [0.15, 0.2) is 35.7 Å². The number of ether oxygens (including phenoxy) is 1. The lowest BCUT2D eigenvalue weighted by molar-refractivity contribution is -0.134. The molecule has 2 amide bonds. The molecule has 0 spiro atoms. The van der Waals surface area contributed by atoms with E-state index in [0.717, 1.165) is 71.0 Å². The molecule has 3 rings (SSSR count). The van der Waals surface area contributed by atoms with Gasteiger partial charge in [0.15, 0.2) is 0 Å². The molecule has 51 heavy (non-hydrogen) atoms. The Bertz CT molecular complexity index is 1230. The molecule has 0 aliphatic heterocycles. The van der Waals surface area contributed by atoms with Crippen LogP contribution in [-0.2, 0) is 33.6 Å². The van der Waals surface area contributed by atoms with E-state index in [9.17, 15) is 14.4 Å². The van der Waals surface area contributed by atoms with Crippen LogP contribution in [0.3, 0.4) is 0 Å². The minimum Gasteiger partial charge on any atom is -0.426 e. The Morgan fingerprint density at radius 1 is 0.745 bits per heavy atom. The first-order valence-electron chi connectivity index (χ1n) is 20.6. The summed E-state index contributed by atoms with van der Waals surface area (Å²) in [7, 11) is 0. The smallest absolute Gasteiger partial charge is 0.312 e. The van der Waals surface area contributed by atoms with Gasteiger partial charge < -0.3 is 15.4 Å². The molecule has 286 valence electrons. The molecule has 8 heteroatoms. The summed E-state index contributed by atoms with van der Waals surface area (Å²) in [5.74, 6) is 0.631. The van der Waals surface area contributed by atoms with Crippen LogP contribution < -0.4 is 15.4 Å². The van der Waals surface area contributed by atoms with Crippen LogP contribution in [0.2, 0.25) is 0 Å². The third-order valence-electron chi connectivity index (χ3n) is 10.2. The van der Waals surface area contributed by atoms with Gasteiger partial charge in [-0.2, -0.15) is 0 Å². The van der Waals surface area contributed by atoms with Crippen molar-refractivity contribution in [2.45, 2.75) is 168 Å². The van der Waals surface area contributed by atoms with Gasteiger partial charge in [-0.05, 0) is 87.1 Å². The summed E-state index contributed by atoms with van der Waals surface area (Å²) >= 11 is 1.84. The van der Waals surface area contributed by atoms with Gasteiger partial charge in [0.2, 0.25) is 11.8 Å². The highest BCUT2D eigenvalue weighted by Gasteiger charge is 2.26. The van der Waals surface area contributed by atoms with Crippen molar-refractivity contribution in [2.24, 2.45) is 0 Å². The molecule has 1 aliphatic carbocycles. The van der Waals surface area contributed by atoms with Gasteiger partial charge in [0.25, 0.3) is 0 Å². The van der Waals surface area contributed by atoms with E-state index in [4.69, 9.17) is 4.74 Å². The Labute approximate surface area is 314 Å². The number of esters is 1. The fourth-order valence-electron chi connectivity index (χ4n) is 7.35. The maximum absolute atomic E-state index is 12.7. The number of amides is 2. The normalized spacial score (nSPS) is 14.0. The number of nitrogens with zero attached hydrogens (tertiary/aromatic N) is 1. The molecule has 2 N–H and O–H groups in total. The van der Waals surface area contributed by atoms with Gasteiger partial charge >= 0.3 is 5.97 Å². The lowest BCUT2D eigenvalue weighted by Crippen LogP contribution is -2.41. The molecule has 0 unspecified atom stereocenters. The molecule has 1 aromatic heterocycles. The lowest BCUT2D eigenvalue weighted by atomic mass is 9.86. The number of benzene rings is 1. The molecule has 7 nitrogen and oxygen atoms in total. The van der Waals surface area contributed by atoms with Crippen molar-refractivity contribution in [1.82, 2.24) is 15.5 Å². The first-order chi connectivity index (χ1) is 25.0. The molecule has 1 aromatic carbocycles. The van der Waals surface area contributed by atoms with Gasteiger partial charge in [-0.25, -0.2) is 0 Å². The van der Waals surface area contributed by atoms with Gasteiger partial charge in [-0.3, -0.25) is 19.3 Å². The Morgan fingerprint density at radius 2 is 1.35 bits per heavy atom. The van der Waals surface area contributed by atoms with E-state index in [0.29, 0.717) is 31.2 Å². The van der Waals surface area contributed by atoms with Crippen LogP contribution in [0.5, 0.6) is 5.75 Å². The molecular formula is C43H69N3O4S. The van der Waals surface area contributed by atoms with Crippen LogP contribution in [0.25, 0.3) is 0 Å². The Hall–Kier alpha value is -2.71. The van der Waals surface area contributed by atoms with E-state index in [1.54, 1.807) is 0 Å². The molecular weight excluding hydrogens is 655 g/mol. The number of unbranched alkanes of at least 4 members (excludes halogenated alkanes) is 14. The standard InChI is InChI=1S/C43H69N3O4S/c1-3-32-46(33-30-38-23-21-34-51-38)37-27-28-39-36(35-37)22-20-24-40(39)50-43(49)29-31-45-42(48)26-19-17-15-13-11-9-7-5-6-8-10-12-14-16-18-25-41(47)44-4-2/h20-24,34,37H,3-19,25-33,35H2,1-2H3,(H,44,47)(H,45,48)/t37-/m0/s1. The summed E-state index contributed by atoms with van der Waals surface area (Å²) in [6, 6.07) is 11.0. The third kappa shape index (κ3) is 18.6. The van der Waals surface area contributed by atoms with Crippen molar-refractivity contribution in [1.29, 1.82) is 0 Å². The molecule has 1 atom stereocenters. The number of hydrogen-bond donors (Lipinski definition) is 2. The number of carbonyl (C=O) groups excluding carboxylic acids is 3. The van der Waals surface area contributed by atoms with E-state index in [2.05, 4.69) is 46.0 Å². The van der Waals surface area contributed by atoms with Crippen molar-refractivity contribution in [3.63, 3.8) is 0 Å². The number of fused-ring (bicyclic) bond motifs is 1. The van der Waals surface area contributed by atoms with E-state index in [-0.39, 0.29) is 24.2 Å². The summed E-state index contributed by atoms with van der Waals surface area (Å²) in [4.78, 5) is 40.6. The number of nitrogens with one attached hydrogen (secondary N) is 2. The van der Waals surface area contributed by atoms with Crippen molar-refractivity contribution < 1.29 is 19.1 Å². The maximum atomic E-state index is 12.7. The Kier molecular flexibility index (Phi) is 22.6. The zero-order valence-corrected chi connectivity index (χ0v) is 32.9. The van der Waals surface area contributed by atoms with Crippen LogP contribution in [0, 0.1) is 0 Å². The number of thiophene rings is 1. The first-order valence-corrected chi connectivity index (χ1v) is 21.5. The fourth-order valence-corrected chi connectivity index (χ4v) is 8.05. The fraction of sp³-hybridized carbons (Fsp3) is 0.698. The van der Waals surface area contributed by atoms with Crippen LogP contribution in [-0.4, -0.2) is 54.9 Å². The van der Waals surface area contributed by atoms with Crippen molar-refractivity contribution in [3.05, 3.63) is 51.7 Å². The average molecular weight is 724 g/mol. The highest BCUT2D eigenvalue weighted by Crippen LogP contribution is 2.32. The highest BCUT2D eigenvalue weighted by molar-refractivity contribution is 7.09. The molecule has 0 bridgehead atoms. The van der Waals surface area contributed by atoms with Crippen molar-refractivity contribution in [2.75, 3.05) is 26.2 Å². The molecule has 1 aliphatic rings. The molecule has 0 saturated carbocycles. The van der Waals surface area contributed by atoms with Crippen molar-refractivity contribution in [3.8, 4) is 5.75 Å². The van der Waals surface area contributed by atoms with Gasteiger partial charge in [-0.1, -0.05) is 109 Å². The van der Waals surface area contributed by atoms with Crippen molar-refractivity contribution >= 4 is 29.1 Å². The van der Waals surface area contributed by atoms with E-state index >= 15 is 0 Å². The molecule has 1 heterocycles. The van der Waals surface area contributed by atoms with E-state index in [1.165, 1.54) is 93.1 Å². The van der Waals surface area contributed by atoms with Gasteiger partial charge in [0.1, 0.15) is 5.75 Å². The summed E-state index contributed by atoms with van der Waals surface area (Å²) in [6.07, 6.45) is 25.1. The average Bonchev–Trinajstić information content (AvgIpc) is 3.65. The highest BCUT2D eigenvalue weighted by atomic mass is 32.1. The number of carbonyl (C=O) groups is 3. The predicted molar refractivity (Wildman–Crippen MR) is 213 cm³/mol. The van der Waals surface area contributed by atoms with Crippen LogP contribution in [0.1, 0.15) is 158 Å². The molecule has 0 radical (unpaired) electrons. The number of hydrogen-bond acceptors (Lipinski definition) is 6. The largest absolute Gasteiger partial charge is 0.426 e. The second-order valence-electron chi connectivity index (χ2n) is 14.5. The predicted octanol–water partition coefficient (Wildman–Crippen LogP) is 9.74. The minimum atomic E-state index is -0.282. The second kappa shape index (κ2) is 27.0. The quantitative estimate of drug-likeness (QED) is 0.0496. The maximum Gasteiger partial charge on any atom is 0.312 e. The molecule has 0 fully saturated rings. The molecule has 2 aromatic rings. The summed E-state index contributed by atoms with van der Waals surface area (Å²) < 4.78 is 5.83. The first kappa shape index (κ1) is 42.7. The SMILES string of the molecule is CCCN(CCc1cccs1)[C@H]1CCc2c(cccc2OC(=O)CCNC(=O)CCCCCCCCCCCCCCCCCC(=O)NCC)C1. The minimum absolute atomic E-state index is 0.0287. The van der Waals surface area contributed by atoms with Crippen LogP contribution >= 0.6 is 11.3 Å². The Morgan fingerprint density at radius 3 is 1.92 bits per heavy atom. The van der Waals surface area contributed by atoms with Gasteiger partial charge in [-0.15, -0.1) is 11.3 Å². The second-order valence-corrected chi connectivity index (χ2v) is 15.5. The Balaban J connectivity index is 1.15. The zero-order valence-electron chi connectivity index (χ0n) is 32.1. The van der Waals surface area contributed by atoms with Gasteiger partial charge in [0, 0.05) is 43.4 Å².